The number of hydrogen-bond donors (Lipinski definition) is 1. The maximum absolute atomic E-state index is 12.0. The van der Waals surface area contributed by atoms with Crippen LogP contribution in [0.2, 0.25) is 0 Å². The predicted molar refractivity (Wildman–Crippen MR) is 76.9 cm³/mol. The SMILES string of the molecule is CCCN(CC1COc2ccccc2O1)C(=O)CCN. The standard InChI is InChI=1S/C15H22N2O3/c1-2-9-17(15(18)7-8-16)10-12-11-19-13-5-3-4-6-14(13)20-12/h3-6,12H,2,7-11,16H2,1H3. The minimum Gasteiger partial charge on any atom is -0.486 e. The van der Waals surface area contributed by atoms with E-state index < -0.39 is 0 Å². The monoisotopic (exact) mass is 278 g/mol. The van der Waals surface area contributed by atoms with Crippen LogP contribution < -0.4 is 15.2 Å². The highest BCUT2D eigenvalue weighted by atomic mass is 16.6. The van der Waals surface area contributed by atoms with Crippen molar-refractivity contribution in [2.24, 2.45) is 5.73 Å². The molecule has 1 heterocycles. The van der Waals surface area contributed by atoms with Crippen molar-refractivity contribution in [1.82, 2.24) is 4.90 Å². The van der Waals surface area contributed by atoms with Crippen molar-refractivity contribution >= 4 is 5.91 Å². The van der Waals surface area contributed by atoms with E-state index in [9.17, 15) is 4.79 Å². The van der Waals surface area contributed by atoms with Crippen molar-refractivity contribution < 1.29 is 14.3 Å². The number of para-hydroxylation sites is 2. The summed E-state index contributed by atoms with van der Waals surface area (Å²) in [6.07, 6.45) is 1.17. The third-order valence-electron chi connectivity index (χ3n) is 3.20. The van der Waals surface area contributed by atoms with E-state index in [4.69, 9.17) is 15.2 Å². The first-order chi connectivity index (χ1) is 9.74. The quantitative estimate of drug-likeness (QED) is 0.854. The summed E-state index contributed by atoms with van der Waals surface area (Å²) < 4.78 is 11.6. The van der Waals surface area contributed by atoms with E-state index in [2.05, 4.69) is 6.92 Å². The van der Waals surface area contributed by atoms with Gasteiger partial charge < -0.3 is 20.1 Å². The number of benzene rings is 1. The van der Waals surface area contributed by atoms with E-state index in [1.807, 2.05) is 29.2 Å². The van der Waals surface area contributed by atoms with Gasteiger partial charge in [0.2, 0.25) is 5.91 Å². The van der Waals surface area contributed by atoms with Gasteiger partial charge in [0, 0.05) is 19.5 Å². The molecule has 1 aliphatic rings. The smallest absolute Gasteiger partial charge is 0.223 e. The maximum atomic E-state index is 12.0. The molecule has 1 atom stereocenters. The first-order valence-corrected chi connectivity index (χ1v) is 7.11. The molecule has 110 valence electrons. The maximum Gasteiger partial charge on any atom is 0.223 e. The summed E-state index contributed by atoms with van der Waals surface area (Å²) >= 11 is 0. The molecule has 2 rings (SSSR count). The lowest BCUT2D eigenvalue weighted by atomic mass is 10.2. The fourth-order valence-electron chi connectivity index (χ4n) is 2.27. The zero-order valence-electron chi connectivity index (χ0n) is 11.9. The van der Waals surface area contributed by atoms with Gasteiger partial charge in [-0.05, 0) is 18.6 Å². The van der Waals surface area contributed by atoms with Crippen molar-refractivity contribution in [3.05, 3.63) is 24.3 Å². The Hall–Kier alpha value is -1.75. The molecule has 1 aromatic carbocycles. The van der Waals surface area contributed by atoms with Gasteiger partial charge in [-0.3, -0.25) is 4.79 Å². The normalized spacial score (nSPS) is 16.8. The fraction of sp³-hybridized carbons (Fsp3) is 0.533. The molecule has 0 spiro atoms. The van der Waals surface area contributed by atoms with E-state index in [-0.39, 0.29) is 12.0 Å². The Labute approximate surface area is 119 Å². The number of nitrogens with zero attached hydrogens (tertiary/aromatic N) is 1. The van der Waals surface area contributed by atoms with Crippen LogP contribution in [0, 0.1) is 0 Å². The van der Waals surface area contributed by atoms with Crippen LogP contribution in [0.4, 0.5) is 0 Å². The predicted octanol–water partition coefficient (Wildman–Crippen LogP) is 1.41. The van der Waals surface area contributed by atoms with Gasteiger partial charge in [-0.25, -0.2) is 0 Å². The lowest BCUT2D eigenvalue weighted by molar-refractivity contribution is -0.132. The third-order valence-corrected chi connectivity index (χ3v) is 3.20. The molecule has 0 aliphatic carbocycles. The Morgan fingerprint density at radius 2 is 2.15 bits per heavy atom. The fourth-order valence-corrected chi connectivity index (χ4v) is 2.27. The van der Waals surface area contributed by atoms with Crippen LogP contribution in [0.3, 0.4) is 0 Å². The largest absolute Gasteiger partial charge is 0.486 e. The van der Waals surface area contributed by atoms with Crippen LogP contribution >= 0.6 is 0 Å². The first-order valence-electron chi connectivity index (χ1n) is 7.11. The number of ether oxygens (including phenoxy) is 2. The van der Waals surface area contributed by atoms with Gasteiger partial charge in [-0.15, -0.1) is 0 Å². The molecule has 2 N–H and O–H groups in total. The molecule has 20 heavy (non-hydrogen) atoms. The number of nitrogens with two attached hydrogens (primary N) is 1. The molecule has 0 aromatic heterocycles. The van der Waals surface area contributed by atoms with Gasteiger partial charge in [0.15, 0.2) is 17.6 Å². The Morgan fingerprint density at radius 1 is 1.40 bits per heavy atom. The average molecular weight is 278 g/mol. The molecule has 0 saturated carbocycles. The van der Waals surface area contributed by atoms with Crippen LogP contribution in [0.15, 0.2) is 24.3 Å². The van der Waals surface area contributed by atoms with Crippen molar-refractivity contribution in [3.8, 4) is 11.5 Å². The Bertz CT molecular complexity index is 450. The van der Waals surface area contributed by atoms with E-state index in [0.717, 1.165) is 24.5 Å². The van der Waals surface area contributed by atoms with Crippen molar-refractivity contribution in [3.63, 3.8) is 0 Å². The number of fused-ring (bicyclic) bond motifs is 1. The van der Waals surface area contributed by atoms with Crippen LogP contribution in [-0.4, -0.2) is 43.2 Å². The zero-order chi connectivity index (χ0) is 14.4. The van der Waals surface area contributed by atoms with E-state index in [1.54, 1.807) is 0 Å². The second kappa shape index (κ2) is 7.14. The second-order valence-electron chi connectivity index (χ2n) is 4.88. The van der Waals surface area contributed by atoms with Crippen LogP contribution in [0.1, 0.15) is 19.8 Å². The summed E-state index contributed by atoms with van der Waals surface area (Å²) in [6.45, 7) is 4.16. The molecule has 1 unspecified atom stereocenters. The first kappa shape index (κ1) is 14.7. The highest BCUT2D eigenvalue weighted by Gasteiger charge is 2.24. The number of amides is 1. The molecule has 1 aromatic rings. The zero-order valence-corrected chi connectivity index (χ0v) is 11.9. The minimum absolute atomic E-state index is 0.0804. The van der Waals surface area contributed by atoms with Crippen LogP contribution in [-0.2, 0) is 4.79 Å². The van der Waals surface area contributed by atoms with Gasteiger partial charge in [0.1, 0.15) is 6.61 Å². The summed E-state index contributed by atoms with van der Waals surface area (Å²) in [4.78, 5) is 13.8. The molecule has 1 amide bonds. The van der Waals surface area contributed by atoms with Crippen LogP contribution in [0.5, 0.6) is 11.5 Å². The number of rotatable bonds is 6. The summed E-state index contributed by atoms with van der Waals surface area (Å²) in [7, 11) is 0. The van der Waals surface area contributed by atoms with E-state index >= 15 is 0 Å². The van der Waals surface area contributed by atoms with Crippen LogP contribution in [0.25, 0.3) is 0 Å². The van der Waals surface area contributed by atoms with Gasteiger partial charge in [-0.1, -0.05) is 19.1 Å². The Kier molecular flexibility index (Phi) is 5.24. The number of carbonyl (C=O) groups excluding carboxylic acids is 1. The average Bonchev–Trinajstić information content (AvgIpc) is 2.47. The third kappa shape index (κ3) is 3.63. The molecule has 0 fully saturated rings. The van der Waals surface area contributed by atoms with Crippen molar-refractivity contribution in [2.45, 2.75) is 25.9 Å². The van der Waals surface area contributed by atoms with Gasteiger partial charge >= 0.3 is 0 Å². The molecular weight excluding hydrogens is 256 g/mol. The molecule has 0 bridgehead atoms. The van der Waals surface area contributed by atoms with E-state index in [1.165, 1.54) is 0 Å². The Morgan fingerprint density at radius 3 is 2.85 bits per heavy atom. The highest BCUT2D eigenvalue weighted by molar-refractivity contribution is 5.76. The molecule has 5 nitrogen and oxygen atoms in total. The second-order valence-corrected chi connectivity index (χ2v) is 4.88. The molecule has 0 radical (unpaired) electrons. The lowest BCUT2D eigenvalue weighted by Gasteiger charge is -2.31. The molecule has 5 heteroatoms. The number of hydrogen-bond acceptors (Lipinski definition) is 4. The van der Waals surface area contributed by atoms with Gasteiger partial charge in [0.05, 0.1) is 6.54 Å². The number of carbonyl (C=O) groups is 1. The minimum atomic E-state index is -0.127. The highest BCUT2D eigenvalue weighted by Crippen LogP contribution is 2.31. The van der Waals surface area contributed by atoms with Crippen molar-refractivity contribution in [2.75, 3.05) is 26.2 Å². The summed E-state index contributed by atoms with van der Waals surface area (Å²) in [5, 5.41) is 0. The summed E-state index contributed by atoms with van der Waals surface area (Å²) in [5.74, 6) is 1.59. The van der Waals surface area contributed by atoms with Gasteiger partial charge in [-0.2, -0.15) is 0 Å². The Balaban J connectivity index is 1.96. The van der Waals surface area contributed by atoms with Crippen molar-refractivity contribution in [1.29, 1.82) is 0 Å². The van der Waals surface area contributed by atoms with Gasteiger partial charge in [0.25, 0.3) is 0 Å². The molecular formula is C15H22N2O3. The topological polar surface area (TPSA) is 64.8 Å². The molecule has 1 aliphatic heterocycles. The van der Waals surface area contributed by atoms with E-state index in [0.29, 0.717) is 26.1 Å². The lowest BCUT2D eigenvalue weighted by Crippen LogP contribution is -2.44. The summed E-state index contributed by atoms with van der Waals surface area (Å²) in [5.41, 5.74) is 5.46. The molecule has 0 saturated heterocycles. The summed E-state index contributed by atoms with van der Waals surface area (Å²) in [6, 6.07) is 7.59.